The van der Waals surface area contributed by atoms with E-state index in [4.69, 9.17) is 14.2 Å². The maximum absolute atomic E-state index is 14.1. The van der Waals surface area contributed by atoms with E-state index in [1.54, 1.807) is 33.9 Å². The summed E-state index contributed by atoms with van der Waals surface area (Å²) in [6.07, 6.45) is -0.892. The Bertz CT molecular complexity index is 2710. The third kappa shape index (κ3) is 11.1. The lowest BCUT2D eigenvalue weighted by molar-refractivity contribution is -0.157. The number of nitrogens with one attached hydrogen (secondary N) is 6. The van der Waals surface area contributed by atoms with Crippen LogP contribution in [0, 0.1) is 0 Å². The molecule has 0 unspecified atom stereocenters. The molecule has 1 aliphatic heterocycles. The molecule has 3 aromatic carbocycles. The molecule has 1 fully saturated rings. The van der Waals surface area contributed by atoms with Gasteiger partial charge in [-0.25, -0.2) is 19.2 Å². The zero-order chi connectivity index (χ0) is 48.2. The van der Waals surface area contributed by atoms with Crippen molar-refractivity contribution in [1.82, 2.24) is 40.7 Å². The second kappa shape index (κ2) is 20.1. The SMILES string of the molecule is C[C@H](NC(=O)N[C@@H](Cc1c[nH]c2ccccc12)C(=O)OC(C)(C)C)C(=O)N[C@H](C(=O)NC[C@H]1C[C@@H](O)[C@H](n2ccc(=O)[nH]c2=O)O1)[C@H](C)N(C)C(=O)OCC1c2ccccc2-c2ccccc21. The lowest BCUT2D eigenvalue weighted by atomic mass is 9.98. The standard InChI is InChI=1S/C48H56N8O11/c1-26(51-45(62)52-37(44(61)67-48(3,4)5)21-28-23-49-36-18-12-11-13-30(28)36)41(59)54-40(42(60)50-24-29-22-38(57)43(66-29)56-20-19-39(58)53-46(56)63)27(2)55(6)47(64)65-25-35-33-16-9-7-14-31(33)32-15-8-10-17-34(32)35/h7-20,23,26-27,29,35,37-38,40,43,49,57H,21-22,24-25H2,1-6H3,(H,50,60)(H,54,59)(H2,51,52,62)(H,53,58,63)/t26-,27-,29+,37-,38+,40-,43+/m0/s1. The molecule has 19 nitrogen and oxygen atoms in total. The molecule has 7 N–H and O–H groups in total. The molecule has 1 saturated heterocycles. The third-order valence-corrected chi connectivity index (χ3v) is 11.9. The van der Waals surface area contributed by atoms with Crippen molar-refractivity contribution in [3.63, 3.8) is 0 Å². The van der Waals surface area contributed by atoms with Crippen LogP contribution in [-0.2, 0) is 35.0 Å². The summed E-state index contributed by atoms with van der Waals surface area (Å²) < 4.78 is 18.4. The molecule has 0 saturated carbocycles. The molecule has 2 aliphatic rings. The Morgan fingerprint density at radius 3 is 2.22 bits per heavy atom. The number of carbonyl (C=O) groups is 5. The fourth-order valence-electron chi connectivity index (χ4n) is 8.38. The highest BCUT2D eigenvalue weighted by atomic mass is 16.6. The topological polar surface area (TPSA) is 255 Å². The maximum atomic E-state index is 14.1. The molecule has 0 bridgehead atoms. The average molecular weight is 921 g/mol. The van der Waals surface area contributed by atoms with Crippen LogP contribution in [0.25, 0.3) is 22.0 Å². The lowest BCUT2D eigenvalue weighted by Crippen LogP contribution is -2.61. The zero-order valence-electron chi connectivity index (χ0n) is 38.0. The van der Waals surface area contributed by atoms with Crippen molar-refractivity contribution >= 4 is 40.8 Å². The monoisotopic (exact) mass is 920 g/mol. The predicted molar refractivity (Wildman–Crippen MR) is 246 cm³/mol. The fraction of sp³-hybridized carbons (Fsp3) is 0.396. The summed E-state index contributed by atoms with van der Waals surface area (Å²) in [5.74, 6) is -2.49. The Kier molecular flexibility index (Phi) is 14.3. The summed E-state index contributed by atoms with van der Waals surface area (Å²) in [5, 5.41) is 22.2. The van der Waals surface area contributed by atoms with Gasteiger partial charge in [0.1, 0.15) is 36.4 Å². The van der Waals surface area contributed by atoms with Gasteiger partial charge in [-0.3, -0.25) is 23.9 Å². The van der Waals surface area contributed by atoms with Crippen LogP contribution in [0.2, 0.25) is 0 Å². The quantitative estimate of drug-likeness (QED) is 0.0751. The van der Waals surface area contributed by atoms with Crippen LogP contribution >= 0.6 is 0 Å². The molecule has 0 spiro atoms. The molecular formula is C48H56N8O11. The molecule has 1 aliphatic carbocycles. The van der Waals surface area contributed by atoms with Gasteiger partial charge in [0.05, 0.1) is 12.1 Å². The van der Waals surface area contributed by atoms with Gasteiger partial charge in [0.25, 0.3) is 5.56 Å². The molecule has 3 heterocycles. The number of nitrogens with zero attached hydrogens (tertiary/aromatic N) is 2. The number of carbonyl (C=O) groups excluding carboxylic acids is 5. The summed E-state index contributed by atoms with van der Waals surface area (Å²) in [7, 11) is 1.43. The number of H-pyrrole nitrogens is 2. The molecule has 354 valence electrons. The first kappa shape index (κ1) is 47.7. The van der Waals surface area contributed by atoms with E-state index in [-0.39, 0.29) is 31.9 Å². The highest BCUT2D eigenvalue weighted by molar-refractivity contribution is 5.93. The van der Waals surface area contributed by atoms with E-state index in [2.05, 4.69) is 31.2 Å². The smallest absolute Gasteiger partial charge is 0.409 e. The van der Waals surface area contributed by atoms with Crippen LogP contribution in [0.4, 0.5) is 9.59 Å². The number of fused-ring (bicyclic) bond motifs is 4. The highest BCUT2D eigenvalue weighted by Gasteiger charge is 2.39. The molecule has 2 aromatic heterocycles. The number of ether oxygens (including phenoxy) is 3. The molecule has 7 rings (SSSR count). The van der Waals surface area contributed by atoms with E-state index in [9.17, 15) is 38.7 Å². The molecule has 19 heteroatoms. The van der Waals surface area contributed by atoms with Crippen LogP contribution in [0.1, 0.15) is 69.9 Å². The normalized spacial score (nSPS) is 18.4. The molecule has 7 atom stereocenters. The van der Waals surface area contributed by atoms with Gasteiger partial charge < -0.3 is 50.5 Å². The van der Waals surface area contributed by atoms with Gasteiger partial charge in [-0.1, -0.05) is 66.7 Å². The molecule has 5 amide bonds. The largest absolute Gasteiger partial charge is 0.458 e. The van der Waals surface area contributed by atoms with E-state index in [1.165, 1.54) is 25.1 Å². The van der Waals surface area contributed by atoms with Crippen LogP contribution in [-0.4, -0.2) is 117 Å². The molecule has 5 aromatic rings. The Hall–Kier alpha value is -7.25. The van der Waals surface area contributed by atoms with Crippen LogP contribution in [0.3, 0.4) is 0 Å². The third-order valence-electron chi connectivity index (χ3n) is 11.9. The van der Waals surface area contributed by atoms with Crippen molar-refractivity contribution < 1.29 is 43.3 Å². The summed E-state index contributed by atoms with van der Waals surface area (Å²) in [4.78, 5) is 99.3. The van der Waals surface area contributed by atoms with E-state index < -0.39 is 89.4 Å². The average Bonchev–Trinajstić information content (AvgIpc) is 3.97. The summed E-state index contributed by atoms with van der Waals surface area (Å²) in [6.45, 7) is 7.86. The van der Waals surface area contributed by atoms with Gasteiger partial charge in [0.2, 0.25) is 11.8 Å². The number of rotatable bonds is 15. The van der Waals surface area contributed by atoms with Crippen molar-refractivity contribution in [1.29, 1.82) is 0 Å². The fourth-order valence-corrected chi connectivity index (χ4v) is 8.38. The van der Waals surface area contributed by atoms with Gasteiger partial charge in [0, 0.05) is 61.7 Å². The first-order valence-electron chi connectivity index (χ1n) is 22.0. The van der Waals surface area contributed by atoms with Crippen LogP contribution in [0.15, 0.2) is 101 Å². The van der Waals surface area contributed by atoms with Gasteiger partial charge in [-0.05, 0) is 68.5 Å². The van der Waals surface area contributed by atoms with Crippen molar-refractivity contribution in [2.24, 2.45) is 0 Å². The molecule has 67 heavy (non-hydrogen) atoms. The number of hydrogen-bond acceptors (Lipinski definition) is 11. The zero-order valence-corrected chi connectivity index (χ0v) is 38.0. The van der Waals surface area contributed by atoms with Crippen molar-refractivity contribution in [3.05, 3.63) is 129 Å². The number of urea groups is 1. The minimum absolute atomic E-state index is 0.00338. The molecular weight excluding hydrogens is 865 g/mol. The second-order valence-corrected chi connectivity index (χ2v) is 17.8. The van der Waals surface area contributed by atoms with E-state index in [0.29, 0.717) is 0 Å². The lowest BCUT2D eigenvalue weighted by Gasteiger charge is -2.32. The predicted octanol–water partition coefficient (Wildman–Crippen LogP) is 3.18. The number of aliphatic hydroxyl groups excluding tert-OH is 1. The number of likely N-dealkylation sites (N-methyl/N-ethyl adjacent to an activating group) is 1. The Morgan fingerprint density at radius 2 is 1.55 bits per heavy atom. The first-order chi connectivity index (χ1) is 31.9. The summed E-state index contributed by atoms with van der Waals surface area (Å²) in [6, 6.07) is 18.6. The number of benzene rings is 3. The first-order valence-corrected chi connectivity index (χ1v) is 22.0. The van der Waals surface area contributed by atoms with Gasteiger partial charge in [-0.2, -0.15) is 0 Å². The molecule has 0 radical (unpaired) electrons. The Balaban J connectivity index is 1.04. The minimum Gasteiger partial charge on any atom is -0.458 e. The van der Waals surface area contributed by atoms with Crippen LogP contribution < -0.4 is 32.5 Å². The maximum Gasteiger partial charge on any atom is 0.409 e. The van der Waals surface area contributed by atoms with E-state index >= 15 is 0 Å². The number of esters is 1. The summed E-state index contributed by atoms with van der Waals surface area (Å²) in [5.41, 5.74) is 3.40. The number of hydrogen-bond donors (Lipinski definition) is 7. The number of amides is 5. The second-order valence-electron chi connectivity index (χ2n) is 17.8. The van der Waals surface area contributed by atoms with E-state index in [1.807, 2.05) is 72.8 Å². The van der Waals surface area contributed by atoms with Gasteiger partial charge >= 0.3 is 23.8 Å². The van der Waals surface area contributed by atoms with Gasteiger partial charge in [-0.15, -0.1) is 0 Å². The van der Waals surface area contributed by atoms with E-state index in [0.717, 1.165) is 49.4 Å². The van der Waals surface area contributed by atoms with Crippen LogP contribution in [0.5, 0.6) is 0 Å². The van der Waals surface area contributed by atoms with Crippen molar-refractivity contribution in [3.8, 4) is 11.1 Å². The number of aromatic amines is 2. The highest BCUT2D eigenvalue weighted by Crippen LogP contribution is 2.44. The van der Waals surface area contributed by atoms with Gasteiger partial charge in [0.15, 0.2) is 6.23 Å². The van der Waals surface area contributed by atoms with Crippen molar-refractivity contribution in [2.45, 2.75) is 102 Å². The number of aromatic nitrogens is 3. The minimum atomic E-state index is -1.44. The Morgan fingerprint density at radius 1 is 0.896 bits per heavy atom. The number of para-hydroxylation sites is 1. The number of aliphatic hydroxyl groups is 1. The Labute approximate surface area is 385 Å². The summed E-state index contributed by atoms with van der Waals surface area (Å²) >= 11 is 0. The van der Waals surface area contributed by atoms with Crippen molar-refractivity contribution in [2.75, 3.05) is 20.2 Å².